The van der Waals surface area contributed by atoms with Gasteiger partial charge in [-0.25, -0.2) is 4.99 Å². The molecule has 3 heterocycles. The summed E-state index contributed by atoms with van der Waals surface area (Å²) in [5.41, 5.74) is 1.07. The van der Waals surface area contributed by atoms with Crippen LogP contribution in [0.4, 0.5) is 0 Å². The lowest BCUT2D eigenvalue weighted by Crippen LogP contribution is -2.39. The van der Waals surface area contributed by atoms with Gasteiger partial charge in [0.2, 0.25) is 0 Å². The topological polar surface area (TPSA) is 69.9 Å². The second-order valence-electron chi connectivity index (χ2n) is 4.49. The van der Waals surface area contributed by atoms with Crippen molar-refractivity contribution in [2.45, 2.75) is 12.5 Å². The number of hydrogen-bond donors (Lipinski definition) is 2. The third kappa shape index (κ3) is 2.04. The Hall–Kier alpha value is -2.08. The van der Waals surface area contributed by atoms with E-state index in [1.165, 1.54) is 0 Å². The van der Waals surface area contributed by atoms with Gasteiger partial charge in [-0.1, -0.05) is 0 Å². The van der Waals surface area contributed by atoms with Gasteiger partial charge in [0.05, 0.1) is 6.26 Å². The zero-order chi connectivity index (χ0) is 13.2. The predicted molar refractivity (Wildman–Crippen MR) is 70.5 cm³/mol. The van der Waals surface area contributed by atoms with Crippen LogP contribution in [-0.4, -0.2) is 37.2 Å². The largest absolute Gasteiger partial charge is 0.467 e. The van der Waals surface area contributed by atoms with Crippen LogP contribution in [0.5, 0.6) is 0 Å². The first kappa shape index (κ1) is 12.0. The van der Waals surface area contributed by atoms with Crippen LogP contribution in [0.1, 0.15) is 17.4 Å². The molecule has 19 heavy (non-hydrogen) atoms. The fourth-order valence-corrected chi connectivity index (χ4v) is 2.43. The lowest BCUT2D eigenvalue weighted by atomic mass is 10.1. The minimum Gasteiger partial charge on any atom is -0.467 e. The van der Waals surface area contributed by atoms with E-state index in [1.807, 2.05) is 6.07 Å². The molecule has 1 aromatic heterocycles. The van der Waals surface area contributed by atoms with Crippen molar-refractivity contribution in [3.63, 3.8) is 0 Å². The number of nitrogens with one attached hydrogen (secondary N) is 2. The summed E-state index contributed by atoms with van der Waals surface area (Å²) >= 11 is 0. The summed E-state index contributed by atoms with van der Waals surface area (Å²) in [6.07, 6.45) is 5.94. The zero-order valence-electron chi connectivity index (χ0n) is 10.7. The van der Waals surface area contributed by atoms with Gasteiger partial charge in [-0.15, -0.1) is 0 Å². The van der Waals surface area contributed by atoms with Crippen LogP contribution < -0.4 is 10.6 Å². The fourth-order valence-electron chi connectivity index (χ4n) is 2.43. The Morgan fingerprint density at radius 2 is 2.47 bits per heavy atom. The third-order valence-electron chi connectivity index (χ3n) is 3.39. The summed E-state index contributed by atoms with van der Waals surface area (Å²) in [4.78, 5) is 18.6. The maximum absolute atomic E-state index is 12.6. The molecule has 0 saturated carbocycles. The van der Waals surface area contributed by atoms with Crippen molar-refractivity contribution in [2.75, 3.05) is 20.1 Å². The van der Waals surface area contributed by atoms with Crippen LogP contribution in [-0.2, 0) is 11.2 Å². The molecule has 1 atom stereocenters. The van der Waals surface area contributed by atoms with Crippen LogP contribution in [0, 0.1) is 0 Å². The Balaban J connectivity index is 1.94. The molecule has 0 spiro atoms. The molecule has 1 unspecified atom stereocenters. The van der Waals surface area contributed by atoms with E-state index in [1.54, 1.807) is 30.6 Å². The molecule has 2 aliphatic rings. The molecule has 3 rings (SSSR count). The second kappa shape index (κ2) is 4.89. The zero-order valence-corrected chi connectivity index (χ0v) is 10.7. The standard InChI is InChI=1S/C13H16N4O2/c1-14-11-12-9(3-7-19-12)2-6-17(13(11)18)10-8-15-4-5-16-10/h3,5,7-8,11,14-15H,2,4,6H2,1H3. The average molecular weight is 260 g/mol. The van der Waals surface area contributed by atoms with Crippen LogP contribution in [0.25, 0.3) is 0 Å². The highest BCUT2D eigenvalue weighted by molar-refractivity contribution is 5.85. The van der Waals surface area contributed by atoms with Gasteiger partial charge in [-0.3, -0.25) is 9.69 Å². The van der Waals surface area contributed by atoms with E-state index in [0.717, 1.165) is 12.0 Å². The molecular formula is C13H16N4O2. The van der Waals surface area contributed by atoms with Gasteiger partial charge < -0.3 is 15.1 Å². The molecule has 0 radical (unpaired) electrons. The molecule has 0 bridgehead atoms. The number of furan rings is 1. The summed E-state index contributed by atoms with van der Waals surface area (Å²) in [7, 11) is 1.76. The summed E-state index contributed by atoms with van der Waals surface area (Å²) in [6, 6.07) is 1.47. The quantitative estimate of drug-likeness (QED) is 0.807. The van der Waals surface area contributed by atoms with Crippen molar-refractivity contribution < 1.29 is 9.21 Å². The molecule has 0 saturated heterocycles. The lowest BCUT2D eigenvalue weighted by molar-refractivity contribution is -0.131. The first-order valence-corrected chi connectivity index (χ1v) is 6.32. The number of rotatable bonds is 2. The molecule has 0 fully saturated rings. The van der Waals surface area contributed by atoms with Crippen molar-refractivity contribution >= 4 is 12.1 Å². The number of fused-ring (bicyclic) bond motifs is 1. The SMILES string of the molecule is CNC1C(=O)N(C2=CNCC=N2)CCc2ccoc21. The van der Waals surface area contributed by atoms with Gasteiger partial charge in [-0.05, 0) is 25.1 Å². The van der Waals surface area contributed by atoms with E-state index < -0.39 is 6.04 Å². The highest BCUT2D eigenvalue weighted by Gasteiger charge is 2.33. The maximum atomic E-state index is 12.6. The number of amides is 1. The van der Waals surface area contributed by atoms with Crippen molar-refractivity contribution in [3.05, 3.63) is 35.7 Å². The first-order valence-electron chi connectivity index (χ1n) is 6.32. The van der Waals surface area contributed by atoms with E-state index in [-0.39, 0.29) is 5.91 Å². The molecule has 2 aliphatic heterocycles. The monoisotopic (exact) mass is 260 g/mol. The highest BCUT2D eigenvalue weighted by atomic mass is 16.3. The molecule has 1 aromatic rings. The Labute approximate surface area is 111 Å². The number of carbonyl (C=O) groups excluding carboxylic acids is 1. The minimum absolute atomic E-state index is 0.0386. The smallest absolute Gasteiger partial charge is 0.253 e. The third-order valence-corrected chi connectivity index (χ3v) is 3.39. The lowest BCUT2D eigenvalue weighted by Gasteiger charge is -2.25. The van der Waals surface area contributed by atoms with E-state index in [4.69, 9.17) is 4.42 Å². The van der Waals surface area contributed by atoms with Gasteiger partial charge in [0.25, 0.3) is 5.91 Å². The number of likely N-dealkylation sites (N-methyl/N-ethyl adjacent to an activating group) is 1. The van der Waals surface area contributed by atoms with Crippen LogP contribution >= 0.6 is 0 Å². The molecule has 1 amide bonds. The normalized spacial score (nSPS) is 22.6. The maximum Gasteiger partial charge on any atom is 0.253 e. The van der Waals surface area contributed by atoms with Crippen molar-refractivity contribution in [1.29, 1.82) is 0 Å². The van der Waals surface area contributed by atoms with Gasteiger partial charge >= 0.3 is 0 Å². The Kier molecular flexibility index (Phi) is 3.08. The molecule has 6 nitrogen and oxygen atoms in total. The van der Waals surface area contributed by atoms with Crippen molar-refractivity contribution in [1.82, 2.24) is 15.5 Å². The number of hydrogen-bond acceptors (Lipinski definition) is 5. The van der Waals surface area contributed by atoms with Crippen molar-refractivity contribution in [2.24, 2.45) is 4.99 Å². The predicted octanol–water partition coefficient (Wildman–Crippen LogP) is 0.398. The summed E-state index contributed by atoms with van der Waals surface area (Å²) in [5.74, 6) is 1.33. The molecule has 6 heteroatoms. The molecule has 0 aliphatic carbocycles. The van der Waals surface area contributed by atoms with Crippen molar-refractivity contribution in [3.8, 4) is 0 Å². The van der Waals surface area contributed by atoms with E-state index in [9.17, 15) is 4.79 Å². The van der Waals surface area contributed by atoms with Gasteiger partial charge in [0.15, 0.2) is 5.82 Å². The van der Waals surface area contributed by atoms with E-state index in [0.29, 0.717) is 24.7 Å². The summed E-state index contributed by atoms with van der Waals surface area (Å²) in [6.45, 7) is 1.30. The fraction of sp³-hybridized carbons (Fsp3) is 0.385. The highest BCUT2D eigenvalue weighted by Crippen LogP contribution is 2.27. The number of carbonyl (C=O) groups is 1. The Bertz CT molecular complexity index is 547. The number of nitrogens with zero attached hydrogens (tertiary/aromatic N) is 2. The molecule has 2 N–H and O–H groups in total. The number of aliphatic imine (C=N–C) groups is 1. The average Bonchev–Trinajstić information content (AvgIpc) is 2.85. The van der Waals surface area contributed by atoms with Gasteiger partial charge in [-0.2, -0.15) is 0 Å². The molecule has 100 valence electrons. The minimum atomic E-state index is -0.453. The van der Waals surface area contributed by atoms with Gasteiger partial charge in [0.1, 0.15) is 11.8 Å². The Morgan fingerprint density at radius 3 is 3.21 bits per heavy atom. The molecular weight excluding hydrogens is 244 g/mol. The first-order chi connectivity index (χ1) is 9.31. The Morgan fingerprint density at radius 1 is 1.58 bits per heavy atom. The van der Waals surface area contributed by atoms with E-state index in [2.05, 4.69) is 15.6 Å². The van der Waals surface area contributed by atoms with Crippen LogP contribution in [0.2, 0.25) is 0 Å². The summed E-state index contributed by atoms with van der Waals surface area (Å²) < 4.78 is 5.46. The summed E-state index contributed by atoms with van der Waals surface area (Å²) in [5, 5.41) is 6.09. The van der Waals surface area contributed by atoms with Gasteiger partial charge in [0, 0.05) is 25.5 Å². The van der Waals surface area contributed by atoms with Crippen LogP contribution in [0.3, 0.4) is 0 Å². The molecule has 0 aromatic carbocycles. The second-order valence-corrected chi connectivity index (χ2v) is 4.49. The van der Waals surface area contributed by atoms with E-state index >= 15 is 0 Å². The van der Waals surface area contributed by atoms with Crippen LogP contribution in [0.15, 0.2) is 33.8 Å².